The minimum absolute atomic E-state index is 0.264. The van der Waals surface area contributed by atoms with Gasteiger partial charge in [-0.25, -0.2) is 0 Å². The average molecular weight is 219 g/mol. The Morgan fingerprint density at radius 3 is 2.27 bits per heavy atom. The second-order valence-electron chi connectivity index (χ2n) is 3.65. The van der Waals surface area contributed by atoms with Crippen molar-refractivity contribution in [3.05, 3.63) is 35.4 Å². The largest absolute Gasteiger partial charge is 0.416 e. The number of alkyl halides is 3. The summed E-state index contributed by atoms with van der Waals surface area (Å²) in [4.78, 5) is 0. The molecule has 0 heterocycles. The molecular formula is C10H12F3NO. The van der Waals surface area contributed by atoms with Crippen molar-refractivity contribution in [2.45, 2.75) is 18.6 Å². The first-order valence-electron chi connectivity index (χ1n) is 4.35. The number of rotatable bonds is 2. The number of hydrogen-bond acceptors (Lipinski definition) is 2. The Morgan fingerprint density at radius 2 is 1.80 bits per heavy atom. The molecule has 3 N–H and O–H groups in total. The van der Waals surface area contributed by atoms with Gasteiger partial charge in [0.2, 0.25) is 0 Å². The monoisotopic (exact) mass is 219 g/mol. The van der Waals surface area contributed by atoms with Gasteiger partial charge in [-0.1, -0.05) is 12.1 Å². The van der Waals surface area contributed by atoms with Gasteiger partial charge in [0, 0.05) is 0 Å². The fourth-order valence-electron chi connectivity index (χ4n) is 1.14. The molecule has 0 bridgehead atoms. The van der Waals surface area contributed by atoms with Crippen LogP contribution in [-0.2, 0) is 11.7 Å². The highest BCUT2D eigenvalue weighted by atomic mass is 19.4. The maximum Gasteiger partial charge on any atom is 0.416 e. The third kappa shape index (κ3) is 2.70. The summed E-state index contributed by atoms with van der Waals surface area (Å²) in [7, 11) is 0. The van der Waals surface area contributed by atoms with Gasteiger partial charge >= 0.3 is 6.18 Å². The summed E-state index contributed by atoms with van der Waals surface area (Å²) < 4.78 is 37.1. The number of hydrogen-bond donors (Lipinski definition) is 2. The SMILES string of the molecule is C[C@](N)(CO)c1cccc(C(F)(F)F)c1. The Hall–Kier alpha value is -1.07. The smallest absolute Gasteiger partial charge is 0.394 e. The summed E-state index contributed by atoms with van der Waals surface area (Å²) in [6, 6.07) is 4.66. The zero-order valence-electron chi connectivity index (χ0n) is 8.17. The van der Waals surface area contributed by atoms with Crippen molar-refractivity contribution in [3.8, 4) is 0 Å². The molecule has 1 rings (SSSR count). The van der Waals surface area contributed by atoms with E-state index in [-0.39, 0.29) is 5.56 Å². The zero-order valence-corrected chi connectivity index (χ0v) is 8.17. The van der Waals surface area contributed by atoms with Gasteiger partial charge in [-0.3, -0.25) is 0 Å². The van der Waals surface area contributed by atoms with Crippen LogP contribution in [0.1, 0.15) is 18.1 Å². The lowest BCUT2D eigenvalue weighted by molar-refractivity contribution is -0.137. The lowest BCUT2D eigenvalue weighted by Gasteiger charge is -2.23. The summed E-state index contributed by atoms with van der Waals surface area (Å²) in [5.74, 6) is 0. The molecule has 0 saturated heterocycles. The van der Waals surface area contributed by atoms with Crippen LogP contribution in [0.5, 0.6) is 0 Å². The van der Waals surface area contributed by atoms with E-state index in [2.05, 4.69) is 0 Å². The van der Waals surface area contributed by atoms with Gasteiger partial charge in [0.15, 0.2) is 0 Å². The summed E-state index contributed by atoms with van der Waals surface area (Å²) in [6.07, 6.45) is -4.39. The highest BCUT2D eigenvalue weighted by Crippen LogP contribution is 2.31. The Balaban J connectivity index is 3.14. The third-order valence-corrected chi connectivity index (χ3v) is 2.18. The van der Waals surface area contributed by atoms with Crippen molar-refractivity contribution < 1.29 is 18.3 Å². The summed E-state index contributed by atoms with van der Waals surface area (Å²) in [5, 5.41) is 8.93. The van der Waals surface area contributed by atoms with Crippen LogP contribution in [0.4, 0.5) is 13.2 Å². The lowest BCUT2D eigenvalue weighted by atomic mass is 9.93. The van der Waals surface area contributed by atoms with E-state index in [1.54, 1.807) is 0 Å². The standard InChI is InChI=1S/C10H12F3NO/c1-9(14,6-15)7-3-2-4-8(5-7)10(11,12)13/h2-5,15H,6,14H2,1H3/t9-/m0/s1. The number of aliphatic hydroxyl groups excluding tert-OH is 1. The molecule has 0 aromatic heterocycles. The number of benzene rings is 1. The van der Waals surface area contributed by atoms with Crippen molar-refractivity contribution in [2.75, 3.05) is 6.61 Å². The Morgan fingerprint density at radius 1 is 1.27 bits per heavy atom. The molecule has 0 unspecified atom stereocenters. The van der Waals surface area contributed by atoms with Gasteiger partial charge in [-0.15, -0.1) is 0 Å². The highest BCUT2D eigenvalue weighted by Gasteiger charge is 2.32. The highest BCUT2D eigenvalue weighted by molar-refractivity contribution is 5.30. The fraction of sp³-hybridized carbons (Fsp3) is 0.400. The van der Waals surface area contributed by atoms with E-state index in [0.717, 1.165) is 12.1 Å². The van der Waals surface area contributed by atoms with Gasteiger partial charge in [-0.05, 0) is 24.6 Å². The maximum atomic E-state index is 12.4. The van der Waals surface area contributed by atoms with Gasteiger partial charge in [0.1, 0.15) is 0 Å². The number of halogens is 3. The average Bonchev–Trinajstić information content (AvgIpc) is 2.17. The predicted molar refractivity (Wildman–Crippen MR) is 50.1 cm³/mol. The van der Waals surface area contributed by atoms with Crippen molar-refractivity contribution in [1.29, 1.82) is 0 Å². The van der Waals surface area contributed by atoms with Crippen molar-refractivity contribution in [2.24, 2.45) is 5.73 Å². The quantitative estimate of drug-likeness (QED) is 0.797. The molecule has 0 aliphatic rings. The first-order valence-corrected chi connectivity index (χ1v) is 4.35. The van der Waals surface area contributed by atoms with Crippen LogP contribution >= 0.6 is 0 Å². The molecule has 0 aliphatic heterocycles. The molecule has 0 saturated carbocycles. The predicted octanol–water partition coefficient (Wildman–Crippen LogP) is 1.87. The number of aliphatic hydroxyl groups is 1. The molecule has 1 aromatic rings. The van der Waals surface area contributed by atoms with Gasteiger partial charge in [0.05, 0.1) is 17.7 Å². The first-order chi connectivity index (χ1) is 6.77. The molecule has 0 spiro atoms. The molecule has 1 atom stereocenters. The molecule has 1 aromatic carbocycles. The number of nitrogens with two attached hydrogens (primary N) is 1. The topological polar surface area (TPSA) is 46.2 Å². The fourth-order valence-corrected chi connectivity index (χ4v) is 1.14. The van der Waals surface area contributed by atoms with E-state index in [4.69, 9.17) is 10.8 Å². The van der Waals surface area contributed by atoms with Gasteiger partial charge in [0.25, 0.3) is 0 Å². The van der Waals surface area contributed by atoms with Crippen LogP contribution < -0.4 is 5.73 Å². The molecule has 0 radical (unpaired) electrons. The lowest BCUT2D eigenvalue weighted by Crippen LogP contribution is -2.37. The van der Waals surface area contributed by atoms with Crippen molar-refractivity contribution in [1.82, 2.24) is 0 Å². The Kier molecular flexibility index (Phi) is 3.06. The van der Waals surface area contributed by atoms with E-state index in [0.29, 0.717) is 0 Å². The van der Waals surface area contributed by atoms with Gasteiger partial charge in [-0.2, -0.15) is 13.2 Å². The van der Waals surface area contributed by atoms with Crippen LogP contribution in [0.15, 0.2) is 24.3 Å². The second kappa shape index (κ2) is 3.83. The van der Waals surface area contributed by atoms with Crippen LogP contribution in [0, 0.1) is 0 Å². The molecule has 5 heteroatoms. The molecule has 2 nitrogen and oxygen atoms in total. The molecule has 84 valence electrons. The van der Waals surface area contributed by atoms with E-state index in [1.165, 1.54) is 19.1 Å². The van der Waals surface area contributed by atoms with E-state index in [1.807, 2.05) is 0 Å². The van der Waals surface area contributed by atoms with E-state index >= 15 is 0 Å². The minimum Gasteiger partial charge on any atom is -0.394 e. The molecule has 15 heavy (non-hydrogen) atoms. The first kappa shape index (κ1) is 12.0. The molecule has 0 amide bonds. The Bertz CT molecular complexity index is 347. The minimum atomic E-state index is -4.39. The van der Waals surface area contributed by atoms with Crippen LogP contribution in [0.25, 0.3) is 0 Å². The van der Waals surface area contributed by atoms with Crippen molar-refractivity contribution >= 4 is 0 Å². The normalized spacial score (nSPS) is 16.1. The van der Waals surface area contributed by atoms with E-state index < -0.39 is 23.9 Å². The molecule has 0 aliphatic carbocycles. The van der Waals surface area contributed by atoms with Gasteiger partial charge < -0.3 is 10.8 Å². The van der Waals surface area contributed by atoms with Crippen LogP contribution in [-0.4, -0.2) is 11.7 Å². The van der Waals surface area contributed by atoms with Crippen LogP contribution in [0.2, 0.25) is 0 Å². The summed E-state index contributed by atoms with van der Waals surface area (Å²) in [5.41, 5.74) is 3.99. The summed E-state index contributed by atoms with van der Waals surface area (Å²) >= 11 is 0. The van der Waals surface area contributed by atoms with E-state index in [9.17, 15) is 13.2 Å². The van der Waals surface area contributed by atoms with Crippen LogP contribution in [0.3, 0.4) is 0 Å². The maximum absolute atomic E-state index is 12.4. The zero-order chi connectivity index (χ0) is 11.7. The molecular weight excluding hydrogens is 207 g/mol. The summed E-state index contributed by atoms with van der Waals surface area (Å²) in [6.45, 7) is 1.07. The second-order valence-corrected chi connectivity index (χ2v) is 3.65. The third-order valence-electron chi connectivity index (χ3n) is 2.18. The van der Waals surface area contributed by atoms with Crippen molar-refractivity contribution in [3.63, 3.8) is 0 Å². The molecule has 0 fully saturated rings. The Labute approximate surface area is 85.5 Å².